The maximum Gasteiger partial charge on any atom is 0.200 e. The van der Waals surface area contributed by atoms with Gasteiger partial charge in [0.2, 0.25) is 34.9 Å². The van der Waals surface area contributed by atoms with Gasteiger partial charge in [0, 0.05) is 0 Å². The van der Waals surface area contributed by atoms with Gasteiger partial charge in [0.25, 0.3) is 0 Å². The average molecular weight is 216 g/mol. The summed E-state index contributed by atoms with van der Waals surface area (Å²) in [5.74, 6) is -14.2. The third-order valence-electron chi connectivity index (χ3n) is 1.16. The fourth-order valence-corrected chi connectivity index (χ4v) is 0.578. The average Bonchev–Trinajstić information content (AvgIpc) is 2.24. The summed E-state index contributed by atoms with van der Waals surface area (Å²) in [6, 6.07) is 0. The van der Waals surface area contributed by atoms with Crippen LogP contribution in [0.2, 0.25) is 0 Å². The molecule has 0 aliphatic heterocycles. The Morgan fingerprint density at radius 2 is 0.500 bits per heavy atom. The van der Waals surface area contributed by atoms with E-state index in [-0.39, 0.29) is 0 Å². The van der Waals surface area contributed by atoms with Crippen molar-refractivity contribution in [2.75, 3.05) is 0 Å². The lowest BCUT2D eigenvalue weighted by atomic mass is 10.3. The van der Waals surface area contributed by atoms with Crippen molar-refractivity contribution in [2.45, 2.75) is 13.8 Å². The van der Waals surface area contributed by atoms with Gasteiger partial charge in [-0.3, -0.25) is 0 Å². The molecule has 0 nitrogen and oxygen atoms in total. The number of rotatable bonds is 0. The van der Waals surface area contributed by atoms with Gasteiger partial charge in [0.05, 0.1) is 0 Å². The van der Waals surface area contributed by atoms with E-state index in [1.165, 1.54) is 0 Å². The normalized spacial score (nSPS) is 9.43. The van der Waals surface area contributed by atoms with Gasteiger partial charge in [0.15, 0.2) is 0 Å². The van der Waals surface area contributed by atoms with Crippen molar-refractivity contribution >= 4 is 0 Å². The summed E-state index contributed by atoms with van der Waals surface area (Å²) >= 11 is 0. The largest absolute Gasteiger partial charge is 0.200 e. The van der Waals surface area contributed by atoms with Crippen molar-refractivity contribution in [3.05, 3.63) is 34.9 Å². The SMILES string of the molecule is CC.Fc1c(F)c(F)c(F)c(F)c1F. The lowest BCUT2D eigenvalue weighted by Gasteiger charge is -1.99. The lowest BCUT2D eigenvalue weighted by Crippen LogP contribution is -2.04. The highest BCUT2D eigenvalue weighted by molar-refractivity contribution is 5.14. The van der Waals surface area contributed by atoms with Crippen molar-refractivity contribution in [3.63, 3.8) is 0 Å². The van der Waals surface area contributed by atoms with Crippen LogP contribution in [-0.4, -0.2) is 0 Å². The number of halogens is 6. The van der Waals surface area contributed by atoms with E-state index in [0.717, 1.165) is 0 Å². The molecule has 0 fully saturated rings. The van der Waals surface area contributed by atoms with E-state index in [1.54, 1.807) is 0 Å². The quantitative estimate of drug-likeness (QED) is 0.353. The van der Waals surface area contributed by atoms with Crippen LogP contribution in [0.3, 0.4) is 0 Å². The van der Waals surface area contributed by atoms with Crippen molar-refractivity contribution < 1.29 is 26.3 Å². The highest BCUT2D eigenvalue weighted by Crippen LogP contribution is 2.20. The molecule has 0 heterocycles. The second kappa shape index (κ2) is 4.88. The highest BCUT2D eigenvalue weighted by atomic mass is 19.2. The van der Waals surface area contributed by atoms with Gasteiger partial charge < -0.3 is 0 Å². The molecule has 0 radical (unpaired) electrons. The van der Waals surface area contributed by atoms with Crippen LogP contribution >= 0.6 is 0 Å². The molecule has 1 aromatic carbocycles. The van der Waals surface area contributed by atoms with E-state index in [4.69, 9.17) is 0 Å². The van der Waals surface area contributed by atoms with Gasteiger partial charge in [-0.25, -0.2) is 26.3 Å². The predicted octanol–water partition coefficient (Wildman–Crippen LogP) is 3.55. The van der Waals surface area contributed by atoms with E-state index in [2.05, 4.69) is 0 Å². The first-order valence-electron chi connectivity index (χ1n) is 3.63. The van der Waals surface area contributed by atoms with Gasteiger partial charge in [-0.1, -0.05) is 13.8 Å². The third kappa shape index (κ3) is 2.00. The van der Waals surface area contributed by atoms with Crippen molar-refractivity contribution in [3.8, 4) is 0 Å². The van der Waals surface area contributed by atoms with E-state index in [9.17, 15) is 26.3 Å². The molecule has 14 heavy (non-hydrogen) atoms. The first-order valence-corrected chi connectivity index (χ1v) is 3.63. The molecule has 0 amide bonds. The number of benzene rings is 1. The highest BCUT2D eigenvalue weighted by Gasteiger charge is 2.25. The van der Waals surface area contributed by atoms with Crippen LogP contribution in [0.5, 0.6) is 0 Å². The van der Waals surface area contributed by atoms with Crippen LogP contribution in [0.25, 0.3) is 0 Å². The van der Waals surface area contributed by atoms with Gasteiger partial charge >= 0.3 is 0 Å². The molecule has 0 aliphatic carbocycles. The summed E-state index contributed by atoms with van der Waals surface area (Å²) in [6.07, 6.45) is 0. The lowest BCUT2D eigenvalue weighted by molar-refractivity contribution is 0.334. The van der Waals surface area contributed by atoms with E-state index < -0.39 is 34.9 Å². The summed E-state index contributed by atoms with van der Waals surface area (Å²) in [6.45, 7) is 4.00. The van der Waals surface area contributed by atoms with Crippen molar-refractivity contribution in [1.82, 2.24) is 0 Å². The standard InChI is InChI=1S/C6F6.C2H6/c7-1-2(8)4(10)6(12)5(11)3(1)9;1-2/h;1-2H3. The minimum absolute atomic E-state index is 2.00. The molecule has 0 aliphatic rings. The minimum atomic E-state index is -2.37. The van der Waals surface area contributed by atoms with Gasteiger partial charge in [-0.15, -0.1) is 0 Å². The van der Waals surface area contributed by atoms with Crippen LogP contribution in [-0.2, 0) is 0 Å². The van der Waals surface area contributed by atoms with E-state index >= 15 is 0 Å². The molecule has 0 saturated carbocycles. The van der Waals surface area contributed by atoms with Gasteiger partial charge in [0.1, 0.15) is 0 Å². The van der Waals surface area contributed by atoms with Gasteiger partial charge in [-0.05, 0) is 0 Å². The molecule has 0 spiro atoms. The maximum atomic E-state index is 12.0. The van der Waals surface area contributed by atoms with Crippen LogP contribution in [0, 0.1) is 34.9 Å². The Bertz CT molecular complexity index is 228. The molecule has 0 unspecified atom stereocenters. The van der Waals surface area contributed by atoms with E-state index in [0.29, 0.717) is 0 Å². The molecule has 80 valence electrons. The molecular weight excluding hydrogens is 210 g/mol. The molecule has 0 atom stereocenters. The molecule has 6 heteroatoms. The fraction of sp³-hybridized carbons (Fsp3) is 0.250. The number of hydrogen-bond acceptors (Lipinski definition) is 0. The fourth-order valence-electron chi connectivity index (χ4n) is 0.578. The monoisotopic (exact) mass is 216 g/mol. The second-order valence-corrected chi connectivity index (χ2v) is 1.88. The zero-order chi connectivity index (χ0) is 11.5. The maximum absolute atomic E-state index is 12.0. The smallest absolute Gasteiger partial charge is 0.200 e. The summed E-state index contributed by atoms with van der Waals surface area (Å²) in [7, 11) is 0. The first kappa shape index (κ1) is 12.8. The Balaban J connectivity index is 0.000000791. The summed E-state index contributed by atoms with van der Waals surface area (Å²) in [5, 5.41) is 0. The van der Waals surface area contributed by atoms with Crippen LogP contribution in [0.1, 0.15) is 13.8 Å². The molecular formula is C8H6F6. The van der Waals surface area contributed by atoms with Crippen molar-refractivity contribution in [1.29, 1.82) is 0 Å². The zero-order valence-electron chi connectivity index (χ0n) is 7.27. The number of hydrogen-bond donors (Lipinski definition) is 0. The topological polar surface area (TPSA) is 0 Å². The van der Waals surface area contributed by atoms with Crippen molar-refractivity contribution in [2.24, 2.45) is 0 Å². The Labute approximate surface area is 76.2 Å². The third-order valence-corrected chi connectivity index (χ3v) is 1.16. The minimum Gasteiger partial charge on any atom is -0.200 e. The summed E-state index contributed by atoms with van der Waals surface area (Å²) < 4.78 is 72.2. The van der Waals surface area contributed by atoms with Gasteiger partial charge in [-0.2, -0.15) is 0 Å². The Morgan fingerprint density at radius 1 is 0.429 bits per heavy atom. The second-order valence-electron chi connectivity index (χ2n) is 1.88. The molecule has 0 N–H and O–H groups in total. The Hall–Kier alpha value is -1.20. The predicted molar refractivity (Wildman–Crippen MR) is 37.5 cm³/mol. The Morgan fingerprint density at radius 3 is 0.571 bits per heavy atom. The molecule has 1 aromatic rings. The molecule has 0 aromatic heterocycles. The van der Waals surface area contributed by atoms with Crippen LogP contribution < -0.4 is 0 Å². The van der Waals surface area contributed by atoms with E-state index in [1.807, 2.05) is 13.8 Å². The molecule has 0 saturated heterocycles. The Kier molecular flexibility index (Phi) is 4.46. The summed E-state index contributed by atoms with van der Waals surface area (Å²) in [5.41, 5.74) is 0. The molecule has 1 rings (SSSR count). The summed E-state index contributed by atoms with van der Waals surface area (Å²) in [4.78, 5) is 0. The zero-order valence-corrected chi connectivity index (χ0v) is 7.27. The van der Waals surface area contributed by atoms with Crippen LogP contribution in [0.15, 0.2) is 0 Å². The van der Waals surface area contributed by atoms with Crippen LogP contribution in [0.4, 0.5) is 26.3 Å². The first-order chi connectivity index (χ1) is 6.46. The molecule has 0 bridgehead atoms.